The van der Waals surface area contributed by atoms with Gasteiger partial charge in [0.2, 0.25) is 0 Å². The molecule has 6 nitrogen and oxygen atoms in total. The molecule has 0 radical (unpaired) electrons. The molecule has 7 heteroatoms. The zero-order chi connectivity index (χ0) is 20.8. The number of nitrogens with one attached hydrogen (secondary N) is 1. The molecule has 1 saturated heterocycles. The molecule has 2 aliphatic rings. The van der Waals surface area contributed by atoms with Crippen molar-refractivity contribution >= 4 is 39.5 Å². The molecule has 1 aromatic carbocycles. The van der Waals surface area contributed by atoms with Crippen molar-refractivity contribution in [2.24, 2.45) is 10.4 Å². The van der Waals surface area contributed by atoms with Gasteiger partial charge in [0.05, 0.1) is 22.4 Å². The Kier molecular flexibility index (Phi) is 5.12. The number of aliphatic imine (C=N–C) groups is 1. The van der Waals surface area contributed by atoms with E-state index in [1.807, 2.05) is 0 Å². The quantitative estimate of drug-likeness (QED) is 0.790. The van der Waals surface area contributed by atoms with E-state index in [4.69, 9.17) is 4.99 Å². The van der Waals surface area contributed by atoms with Gasteiger partial charge in [0.1, 0.15) is 10.8 Å². The third-order valence-corrected chi connectivity index (χ3v) is 6.56. The molecule has 0 amide bonds. The van der Waals surface area contributed by atoms with Crippen molar-refractivity contribution in [3.05, 3.63) is 40.3 Å². The molecule has 0 spiro atoms. The lowest BCUT2D eigenvalue weighted by atomic mass is 9.93. The number of hydrogen-bond donors (Lipinski definition) is 2. The first-order valence-electron chi connectivity index (χ1n) is 10.0. The standard InChI is InChI=1S/C22H28N4O2S/c1-14-5-6-17-18(11-14)24-20-16(12-15(2)29-20)19(23-17)26-9-7-25(8-10-26)13-22(3,4)21(27)28/h5-6,11-12,24H,7-10,13H2,1-4H3,(H,27,28). The van der Waals surface area contributed by atoms with Gasteiger partial charge in [-0.2, -0.15) is 0 Å². The lowest BCUT2D eigenvalue weighted by Gasteiger charge is -2.38. The smallest absolute Gasteiger partial charge is 0.310 e. The van der Waals surface area contributed by atoms with Gasteiger partial charge < -0.3 is 15.3 Å². The fraction of sp³-hybridized carbons (Fsp3) is 0.455. The Hall–Kier alpha value is -2.38. The van der Waals surface area contributed by atoms with E-state index in [0.717, 1.165) is 54.0 Å². The summed E-state index contributed by atoms with van der Waals surface area (Å²) in [6, 6.07) is 8.53. The summed E-state index contributed by atoms with van der Waals surface area (Å²) in [4.78, 5) is 22.4. The van der Waals surface area contributed by atoms with Gasteiger partial charge in [-0.05, 0) is 51.5 Å². The highest BCUT2D eigenvalue weighted by Crippen LogP contribution is 2.39. The van der Waals surface area contributed by atoms with Crippen LogP contribution in [0.15, 0.2) is 29.3 Å². The number of nitrogens with zero attached hydrogens (tertiary/aromatic N) is 3. The van der Waals surface area contributed by atoms with Gasteiger partial charge in [0.25, 0.3) is 0 Å². The van der Waals surface area contributed by atoms with Crippen molar-refractivity contribution in [2.45, 2.75) is 27.7 Å². The second kappa shape index (κ2) is 7.46. The first-order chi connectivity index (χ1) is 13.7. The Morgan fingerprint density at radius 2 is 1.93 bits per heavy atom. The van der Waals surface area contributed by atoms with Gasteiger partial charge in [-0.3, -0.25) is 9.69 Å². The van der Waals surface area contributed by atoms with Crippen molar-refractivity contribution in [3.63, 3.8) is 0 Å². The molecular formula is C22H28N4O2S. The van der Waals surface area contributed by atoms with Gasteiger partial charge in [0.15, 0.2) is 0 Å². The van der Waals surface area contributed by atoms with Crippen LogP contribution in [-0.2, 0) is 4.79 Å². The average Bonchev–Trinajstić information content (AvgIpc) is 2.94. The molecule has 0 saturated carbocycles. The molecule has 0 atom stereocenters. The minimum Gasteiger partial charge on any atom is -0.481 e. The highest BCUT2D eigenvalue weighted by Gasteiger charge is 2.32. The van der Waals surface area contributed by atoms with Crippen molar-refractivity contribution < 1.29 is 9.90 Å². The third kappa shape index (κ3) is 4.02. The molecule has 2 aliphatic heterocycles. The van der Waals surface area contributed by atoms with Crippen LogP contribution in [0.3, 0.4) is 0 Å². The van der Waals surface area contributed by atoms with E-state index in [2.05, 4.69) is 53.2 Å². The van der Waals surface area contributed by atoms with Gasteiger partial charge in [-0.15, -0.1) is 11.3 Å². The number of aliphatic carboxylic acids is 1. The van der Waals surface area contributed by atoms with E-state index < -0.39 is 11.4 Å². The Balaban J connectivity index is 1.59. The number of piperazine rings is 1. The molecule has 1 fully saturated rings. The summed E-state index contributed by atoms with van der Waals surface area (Å²) in [5.41, 5.74) is 3.63. The lowest BCUT2D eigenvalue weighted by molar-refractivity contribution is -0.148. The van der Waals surface area contributed by atoms with Crippen LogP contribution in [0.1, 0.15) is 29.9 Å². The number of amidine groups is 1. The monoisotopic (exact) mass is 412 g/mol. The zero-order valence-corrected chi connectivity index (χ0v) is 18.3. The summed E-state index contributed by atoms with van der Waals surface area (Å²) < 4.78 is 0. The molecule has 29 heavy (non-hydrogen) atoms. The maximum atomic E-state index is 11.5. The number of hydrogen-bond acceptors (Lipinski definition) is 6. The molecule has 0 unspecified atom stereocenters. The van der Waals surface area contributed by atoms with E-state index in [0.29, 0.717) is 6.54 Å². The number of aryl methyl sites for hydroxylation is 2. The first-order valence-corrected chi connectivity index (χ1v) is 10.8. The molecule has 2 N–H and O–H groups in total. The molecular weight excluding hydrogens is 384 g/mol. The molecule has 0 aliphatic carbocycles. The van der Waals surface area contributed by atoms with Gasteiger partial charge in [-0.1, -0.05) is 6.07 Å². The van der Waals surface area contributed by atoms with E-state index >= 15 is 0 Å². The average molecular weight is 413 g/mol. The highest BCUT2D eigenvalue weighted by atomic mass is 32.1. The van der Waals surface area contributed by atoms with Gasteiger partial charge >= 0.3 is 5.97 Å². The fourth-order valence-electron chi connectivity index (χ4n) is 3.90. The lowest BCUT2D eigenvalue weighted by Crippen LogP contribution is -2.52. The maximum Gasteiger partial charge on any atom is 0.310 e. The normalized spacial score (nSPS) is 17.1. The number of anilines is 2. The van der Waals surface area contributed by atoms with Gasteiger partial charge in [-0.25, -0.2) is 4.99 Å². The second-order valence-electron chi connectivity index (χ2n) is 8.63. The summed E-state index contributed by atoms with van der Waals surface area (Å²) in [7, 11) is 0. The summed E-state index contributed by atoms with van der Waals surface area (Å²) in [6.45, 7) is 11.7. The fourth-order valence-corrected chi connectivity index (χ4v) is 4.82. The summed E-state index contributed by atoms with van der Waals surface area (Å²) >= 11 is 1.76. The van der Waals surface area contributed by atoms with Crippen LogP contribution in [0.2, 0.25) is 0 Å². The molecule has 1 aromatic heterocycles. The SMILES string of the molecule is Cc1ccc2c(c1)Nc1sc(C)cc1C(N1CCN(CC(C)(C)C(=O)O)CC1)=N2. The topological polar surface area (TPSA) is 68.2 Å². The van der Waals surface area contributed by atoms with Crippen molar-refractivity contribution in [2.75, 3.05) is 38.0 Å². The van der Waals surface area contributed by atoms with Crippen molar-refractivity contribution in [3.8, 4) is 0 Å². The van der Waals surface area contributed by atoms with E-state index in [9.17, 15) is 9.90 Å². The molecule has 154 valence electrons. The number of carboxylic acid groups (broad SMARTS) is 1. The van der Waals surface area contributed by atoms with Crippen LogP contribution in [0.5, 0.6) is 0 Å². The van der Waals surface area contributed by atoms with Crippen LogP contribution in [0.25, 0.3) is 0 Å². The van der Waals surface area contributed by atoms with Crippen molar-refractivity contribution in [1.82, 2.24) is 9.80 Å². The molecule has 4 rings (SSSR count). The number of benzene rings is 1. The van der Waals surface area contributed by atoms with Crippen LogP contribution in [0.4, 0.5) is 16.4 Å². The number of thiophene rings is 1. The minimum absolute atomic E-state index is 0.565. The predicted octanol–water partition coefficient (Wildman–Crippen LogP) is 4.23. The largest absolute Gasteiger partial charge is 0.481 e. The highest BCUT2D eigenvalue weighted by molar-refractivity contribution is 7.16. The predicted molar refractivity (Wildman–Crippen MR) is 119 cm³/mol. The molecule has 0 bridgehead atoms. The summed E-state index contributed by atoms with van der Waals surface area (Å²) in [5.74, 6) is 0.265. The van der Waals surface area contributed by atoms with Crippen LogP contribution in [-0.4, -0.2) is 59.4 Å². The van der Waals surface area contributed by atoms with E-state index in [1.165, 1.54) is 10.4 Å². The van der Waals surface area contributed by atoms with Gasteiger partial charge in [0, 0.05) is 37.6 Å². The summed E-state index contributed by atoms with van der Waals surface area (Å²) in [5, 5.41) is 14.1. The second-order valence-corrected chi connectivity index (χ2v) is 9.89. The zero-order valence-electron chi connectivity index (χ0n) is 17.5. The Morgan fingerprint density at radius 3 is 2.62 bits per heavy atom. The van der Waals surface area contributed by atoms with E-state index in [-0.39, 0.29) is 0 Å². The Bertz CT molecular complexity index is 971. The third-order valence-electron chi connectivity index (χ3n) is 5.59. The molecule has 2 aromatic rings. The Morgan fingerprint density at radius 1 is 1.21 bits per heavy atom. The van der Waals surface area contributed by atoms with Crippen LogP contribution < -0.4 is 5.32 Å². The van der Waals surface area contributed by atoms with E-state index in [1.54, 1.807) is 25.2 Å². The van der Waals surface area contributed by atoms with Crippen LogP contribution >= 0.6 is 11.3 Å². The number of fused-ring (bicyclic) bond motifs is 2. The van der Waals surface area contributed by atoms with Crippen molar-refractivity contribution in [1.29, 1.82) is 0 Å². The first kappa shape index (κ1) is 19.9. The number of rotatable bonds is 3. The van der Waals surface area contributed by atoms with Crippen LogP contribution in [0, 0.1) is 19.3 Å². The number of carboxylic acids is 1. The maximum absolute atomic E-state index is 11.5. The summed E-state index contributed by atoms with van der Waals surface area (Å²) in [6.07, 6.45) is 0. The molecule has 3 heterocycles. The minimum atomic E-state index is -0.746. The number of carbonyl (C=O) groups is 1. The Labute approximate surface area is 175 Å².